The fraction of sp³-hybridized carbons (Fsp3) is 0. The number of aromatic nitrogens is 1. The van der Waals surface area contributed by atoms with Crippen LogP contribution in [0.3, 0.4) is 0 Å². The van der Waals surface area contributed by atoms with E-state index in [4.69, 9.17) is 0 Å². The van der Waals surface area contributed by atoms with Crippen LogP contribution in [0.25, 0.3) is 16.2 Å². The zero-order valence-corrected chi connectivity index (χ0v) is 20.9. The number of ketones is 2. The van der Waals surface area contributed by atoms with Gasteiger partial charge in [0.15, 0.2) is 0 Å². The van der Waals surface area contributed by atoms with Crippen molar-refractivity contribution in [3.8, 4) is 0 Å². The summed E-state index contributed by atoms with van der Waals surface area (Å²) in [5, 5.41) is 2.99. The Hall–Kier alpha value is -3.22. The number of fused-ring (bicyclic) bond motifs is 4. The molecule has 2 aromatic carbocycles. The molecule has 0 amide bonds. The van der Waals surface area contributed by atoms with Gasteiger partial charge >= 0.3 is 210 Å². The van der Waals surface area contributed by atoms with Gasteiger partial charge < -0.3 is 0 Å². The summed E-state index contributed by atoms with van der Waals surface area (Å²) in [5.74, 6) is 0.569. The Bertz CT molecular complexity index is 1600. The van der Waals surface area contributed by atoms with Crippen molar-refractivity contribution in [2.24, 2.45) is 0 Å². The Kier molecular flexibility index (Phi) is 4.54. The van der Waals surface area contributed by atoms with Crippen molar-refractivity contribution in [2.75, 3.05) is 4.90 Å². The summed E-state index contributed by atoms with van der Waals surface area (Å²) in [7, 11) is 0. The van der Waals surface area contributed by atoms with Crippen LogP contribution >= 0.6 is 23.1 Å². The van der Waals surface area contributed by atoms with Gasteiger partial charge in [0, 0.05) is 0 Å². The van der Waals surface area contributed by atoms with Crippen LogP contribution in [-0.2, 0) is 0 Å². The average Bonchev–Trinajstić information content (AvgIpc) is 3.57. The topological polar surface area (TPSA) is 50.3 Å². The molecule has 5 aromatic rings. The van der Waals surface area contributed by atoms with Crippen LogP contribution in [0.2, 0.25) is 0 Å². The van der Waals surface area contributed by atoms with E-state index >= 15 is 0 Å². The van der Waals surface area contributed by atoms with Crippen molar-refractivity contribution in [1.82, 2.24) is 4.98 Å². The first-order chi connectivity index (χ1) is 16.7. The molecule has 7 heteroatoms. The van der Waals surface area contributed by atoms with Crippen LogP contribution in [0.1, 0.15) is 25.2 Å². The van der Waals surface area contributed by atoms with Gasteiger partial charge in [-0.05, 0) is 0 Å². The molecule has 7 rings (SSSR count). The number of hydrogen-bond acceptors (Lipinski definition) is 6. The molecule has 0 saturated carbocycles. The van der Waals surface area contributed by atoms with Crippen LogP contribution in [0.5, 0.6) is 0 Å². The van der Waals surface area contributed by atoms with E-state index in [1.165, 1.54) is 4.90 Å². The fourth-order valence-corrected chi connectivity index (χ4v) is 8.27. The monoisotopic (exact) mass is 542 g/mol. The molecule has 0 unspecified atom stereocenters. The second-order valence-corrected chi connectivity index (χ2v) is 12.3. The van der Waals surface area contributed by atoms with Gasteiger partial charge in [-0.2, -0.15) is 0 Å². The number of thiophene rings is 1. The number of pyridine rings is 1. The molecule has 162 valence electrons. The molecule has 0 radical (unpaired) electrons. The van der Waals surface area contributed by atoms with Gasteiger partial charge in [-0.25, -0.2) is 0 Å². The van der Waals surface area contributed by atoms with Crippen LogP contribution < -0.4 is 4.90 Å². The van der Waals surface area contributed by atoms with E-state index in [0.717, 1.165) is 35.5 Å². The number of para-hydroxylation sites is 1. The van der Waals surface area contributed by atoms with E-state index in [9.17, 15) is 9.59 Å². The zero-order chi connectivity index (χ0) is 22.8. The normalized spacial score (nSPS) is 15.6. The molecule has 0 saturated heterocycles. The Morgan fingerprint density at radius 1 is 0.882 bits per heavy atom. The number of anilines is 3. The SMILES string of the molecule is O=C1/C(=C\c2ccc(N3c4ccccc4Sc4cccnc43)[se]2)C(=O)c2cc3sccc3cc21. The van der Waals surface area contributed by atoms with Gasteiger partial charge in [0.25, 0.3) is 0 Å². The summed E-state index contributed by atoms with van der Waals surface area (Å²) in [6.45, 7) is 0. The summed E-state index contributed by atoms with van der Waals surface area (Å²) < 4.78 is 3.16. The Morgan fingerprint density at radius 3 is 2.62 bits per heavy atom. The predicted molar refractivity (Wildman–Crippen MR) is 138 cm³/mol. The number of carbonyl (C=O) groups excluding carboxylic acids is 2. The molecule has 3 aromatic heterocycles. The molecule has 4 nitrogen and oxygen atoms in total. The number of hydrogen-bond donors (Lipinski definition) is 0. The molecule has 2 aliphatic rings. The van der Waals surface area contributed by atoms with Gasteiger partial charge in [-0.15, -0.1) is 0 Å². The summed E-state index contributed by atoms with van der Waals surface area (Å²) in [6, 6.07) is 22.2. The van der Waals surface area contributed by atoms with Gasteiger partial charge in [0.2, 0.25) is 0 Å². The van der Waals surface area contributed by atoms with E-state index in [2.05, 4.69) is 34.1 Å². The summed E-state index contributed by atoms with van der Waals surface area (Å²) in [4.78, 5) is 35.4. The molecule has 0 fully saturated rings. The third-order valence-corrected chi connectivity index (χ3v) is 10.1. The summed E-state index contributed by atoms with van der Waals surface area (Å²) in [5.41, 5.74) is 2.41. The first-order valence-electron chi connectivity index (χ1n) is 10.6. The van der Waals surface area contributed by atoms with E-state index in [0.29, 0.717) is 11.1 Å². The van der Waals surface area contributed by atoms with Crippen LogP contribution in [-0.4, -0.2) is 31.1 Å². The van der Waals surface area contributed by atoms with E-state index in [1.807, 2.05) is 54.0 Å². The molecular formula is C27H14N2O2S2Se. The first-order valence-corrected chi connectivity index (χ1v) is 14.0. The third-order valence-electron chi connectivity index (χ3n) is 5.98. The summed E-state index contributed by atoms with van der Waals surface area (Å²) >= 11 is 3.23. The Morgan fingerprint density at radius 2 is 1.71 bits per heavy atom. The summed E-state index contributed by atoms with van der Waals surface area (Å²) in [6.07, 6.45) is 3.61. The van der Waals surface area contributed by atoms with Crippen molar-refractivity contribution >= 4 is 81.4 Å². The molecule has 0 bridgehead atoms. The molecule has 1 aliphatic heterocycles. The van der Waals surface area contributed by atoms with E-state index in [1.54, 1.807) is 29.2 Å². The first kappa shape index (κ1) is 20.2. The maximum absolute atomic E-state index is 13.1. The molecule has 0 spiro atoms. The quantitative estimate of drug-likeness (QED) is 0.138. The van der Waals surface area contributed by atoms with Crippen molar-refractivity contribution in [2.45, 2.75) is 9.79 Å². The molecule has 0 N–H and O–H groups in total. The number of rotatable bonds is 2. The maximum atomic E-state index is 13.1. The second-order valence-electron chi connectivity index (χ2n) is 7.98. The van der Waals surface area contributed by atoms with Crippen LogP contribution in [0.4, 0.5) is 16.1 Å². The van der Waals surface area contributed by atoms with Crippen LogP contribution in [0.15, 0.2) is 93.7 Å². The van der Waals surface area contributed by atoms with Gasteiger partial charge in [0.1, 0.15) is 0 Å². The zero-order valence-electron chi connectivity index (χ0n) is 17.5. The van der Waals surface area contributed by atoms with Crippen molar-refractivity contribution in [1.29, 1.82) is 0 Å². The Balaban J connectivity index is 1.30. The van der Waals surface area contributed by atoms with Crippen molar-refractivity contribution < 1.29 is 9.59 Å². The molecule has 0 atom stereocenters. The molecule has 1 aliphatic carbocycles. The van der Waals surface area contributed by atoms with Gasteiger partial charge in [0.05, 0.1) is 0 Å². The fourth-order valence-electron chi connectivity index (χ4n) is 4.41. The number of carbonyl (C=O) groups is 2. The molecular weight excluding hydrogens is 527 g/mol. The number of benzene rings is 2. The van der Waals surface area contributed by atoms with Gasteiger partial charge in [-0.1, -0.05) is 0 Å². The second kappa shape index (κ2) is 7.65. The average molecular weight is 542 g/mol. The van der Waals surface area contributed by atoms with Crippen molar-refractivity contribution in [3.05, 3.63) is 99.4 Å². The molecule has 34 heavy (non-hydrogen) atoms. The minimum atomic E-state index is -0.176. The van der Waals surface area contributed by atoms with Crippen molar-refractivity contribution in [3.63, 3.8) is 0 Å². The van der Waals surface area contributed by atoms with E-state index < -0.39 is 0 Å². The predicted octanol–water partition coefficient (Wildman–Crippen LogP) is 6.75. The number of allylic oxidation sites excluding steroid dienone is 1. The standard InChI is InChI=1S/C27H14N2O2S2Se/c30-25-17-12-15-9-11-32-23(15)14-18(17)26(31)19(25)13-16-7-8-24(34-16)29-20-4-1-2-5-21(20)33-22-6-3-10-28-27(22)29/h1-14H/b19-13+. The Labute approximate surface area is 209 Å². The van der Waals surface area contributed by atoms with E-state index in [-0.39, 0.29) is 31.6 Å². The van der Waals surface area contributed by atoms with Crippen LogP contribution in [0, 0.1) is 0 Å². The van der Waals surface area contributed by atoms with Gasteiger partial charge in [-0.3, -0.25) is 0 Å². The third kappa shape index (κ3) is 3.02. The molecule has 4 heterocycles. The minimum absolute atomic E-state index is 0.0768. The number of Topliss-reactive ketones (excluding diaryl/α,β-unsaturated/α-hetero) is 2. The number of nitrogens with zero attached hydrogens (tertiary/aromatic N) is 2.